The van der Waals surface area contributed by atoms with Crippen LogP contribution in [0.25, 0.3) is 0 Å². The monoisotopic (exact) mass is 259 g/mol. The highest BCUT2D eigenvalue weighted by Crippen LogP contribution is 2.20. The van der Waals surface area contributed by atoms with Crippen molar-refractivity contribution in [2.45, 2.75) is 26.4 Å². The van der Waals surface area contributed by atoms with Gasteiger partial charge in [-0.15, -0.1) is 0 Å². The summed E-state index contributed by atoms with van der Waals surface area (Å²) in [5, 5.41) is 3.41. The lowest BCUT2D eigenvalue weighted by molar-refractivity contribution is 0.644. The number of hydrogen-bond acceptors (Lipinski definition) is 4. The quantitative estimate of drug-likeness (QED) is 0.865. The van der Waals surface area contributed by atoms with Crippen molar-refractivity contribution in [3.05, 3.63) is 36.5 Å². The Morgan fingerprint density at radius 1 is 1.26 bits per heavy atom. The number of aryl methyl sites for hydroxylation is 1. The van der Waals surface area contributed by atoms with E-state index in [2.05, 4.69) is 26.8 Å². The molecule has 19 heavy (non-hydrogen) atoms. The molecule has 0 aromatic carbocycles. The highest BCUT2D eigenvalue weighted by molar-refractivity contribution is 5.64. The molecule has 0 unspecified atom stereocenters. The zero-order valence-electron chi connectivity index (χ0n) is 11.8. The van der Waals surface area contributed by atoms with Crippen LogP contribution in [0.2, 0.25) is 0 Å². The van der Waals surface area contributed by atoms with Crippen LogP contribution in [0.15, 0.2) is 30.7 Å². The van der Waals surface area contributed by atoms with Crippen LogP contribution in [-0.2, 0) is 13.1 Å². The van der Waals surface area contributed by atoms with Gasteiger partial charge in [-0.05, 0) is 18.6 Å². The predicted octanol–water partition coefficient (Wildman–Crippen LogP) is 2.37. The molecule has 0 saturated heterocycles. The lowest BCUT2D eigenvalue weighted by atomic mass is 10.3. The number of imidazole rings is 1. The molecule has 0 atom stereocenters. The van der Waals surface area contributed by atoms with Crippen molar-refractivity contribution in [3.63, 3.8) is 0 Å². The second-order valence-corrected chi connectivity index (χ2v) is 4.66. The van der Waals surface area contributed by atoms with Gasteiger partial charge < -0.3 is 14.8 Å². The molecule has 102 valence electrons. The molecule has 0 aliphatic carbocycles. The van der Waals surface area contributed by atoms with Crippen molar-refractivity contribution < 1.29 is 0 Å². The molecule has 0 amide bonds. The maximum atomic E-state index is 4.39. The Morgan fingerprint density at radius 3 is 2.84 bits per heavy atom. The van der Waals surface area contributed by atoms with E-state index in [1.54, 1.807) is 6.20 Å². The minimum atomic E-state index is 0.708. The van der Waals surface area contributed by atoms with Gasteiger partial charge in [0.15, 0.2) is 5.82 Å². The second-order valence-electron chi connectivity index (χ2n) is 4.66. The van der Waals surface area contributed by atoms with Gasteiger partial charge >= 0.3 is 0 Å². The molecule has 0 aliphatic rings. The van der Waals surface area contributed by atoms with Crippen molar-refractivity contribution in [3.8, 4) is 0 Å². The molecule has 5 heteroatoms. The van der Waals surface area contributed by atoms with Crippen LogP contribution in [0.5, 0.6) is 0 Å². The molecule has 2 aromatic heterocycles. The van der Waals surface area contributed by atoms with Crippen LogP contribution >= 0.6 is 0 Å². The maximum absolute atomic E-state index is 4.39. The van der Waals surface area contributed by atoms with E-state index in [1.807, 2.05) is 43.5 Å². The second kappa shape index (κ2) is 6.22. The Morgan fingerprint density at radius 2 is 2.11 bits per heavy atom. The van der Waals surface area contributed by atoms with Crippen LogP contribution in [0, 0.1) is 0 Å². The summed E-state index contributed by atoms with van der Waals surface area (Å²) in [4.78, 5) is 10.8. The predicted molar refractivity (Wildman–Crippen MR) is 78.4 cm³/mol. The number of pyridine rings is 1. The fraction of sp³-hybridized carbons (Fsp3) is 0.429. The fourth-order valence-corrected chi connectivity index (χ4v) is 2.02. The van der Waals surface area contributed by atoms with Crippen LogP contribution in [-0.4, -0.2) is 28.6 Å². The third-order valence-corrected chi connectivity index (χ3v) is 2.91. The van der Waals surface area contributed by atoms with E-state index in [0.717, 1.165) is 30.3 Å². The first-order chi connectivity index (χ1) is 9.22. The van der Waals surface area contributed by atoms with Gasteiger partial charge in [0.1, 0.15) is 5.82 Å². The van der Waals surface area contributed by atoms with Crippen LogP contribution in [0.1, 0.15) is 19.2 Å². The van der Waals surface area contributed by atoms with E-state index in [4.69, 9.17) is 0 Å². The van der Waals surface area contributed by atoms with Crippen LogP contribution in [0.3, 0.4) is 0 Å². The number of aromatic nitrogens is 3. The summed E-state index contributed by atoms with van der Waals surface area (Å²) in [5.41, 5.74) is 1.03. The largest absolute Gasteiger partial charge is 0.375 e. The number of nitrogens with one attached hydrogen (secondary N) is 1. The molecule has 0 bridgehead atoms. The summed E-state index contributed by atoms with van der Waals surface area (Å²) in [6.07, 6.45) is 6.79. The van der Waals surface area contributed by atoms with Gasteiger partial charge in [0.25, 0.3) is 0 Å². The molecule has 0 radical (unpaired) electrons. The normalized spacial score (nSPS) is 10.5. The third-order valence-electron chi connectivity index (χ3n) is 2.91. The molecule has 5 nitrogen and oxygen atoms in total. The Hall–Kier alpha value is -2.04. The highest BCUT2D eigenvalue weighted by Gasteiger charge is 2.06. The Bertz CT molecular complexity index is 518. The van der Waals surface area contributed by atoms with Gasteiger partial charge in [-0.3, -0.25) is 0 Å². The summed E-state index contributed by atoms with van der Waals surface area (Å²) >= 11 is 0. The molecule has 0 saturated carbocycles. The first-order valence-electron chi connectivity index (χ1n) is 6.58. The molecule has 0 spiro atoms. The van der Waals surface area contributed by atoms with Crippen LogP contribution < -0.4 is 10.2 Å². The Labute approximate surface area is 114 Å². The first-order valence-corrected chi connectivity index (χ1v) is 6.58. The van der Waals surface area contributed by atoms with E-state index in [-0.39, 0.29) is 0 Å². The van der Waals surface area contributed by atoms with Gasteiger partial charge in [-0.25, -0.2) is 9.97 Å². The van der Waals surface area contributed by atoms with Gasteiger partial charge in [-0.1, -0.05) is 6.92 Å². The number of rotatable bonds is 6. The Balaban J connectivity index is 2.08. The summed E-state index contributed by atoms with van der Waals surface area (Å²) in [6.45, 7) is 3.88. The average Bonchev–Trinajstić information content (AvgIpc) is 2.84. The molecular weight excluding hydrogens is 238 g/mol. The lowest BCUT2D eigenvalue weighted by Crippen LogP contribution is -2.15. The summed E-state index contributed by atoms with van der Waals surface area (Å²) in [6, 6.07) is 3.98. The third kappa shape index (κ3) is 3.24. The standard InChI is InChI=1S/C14H21N5/c1-4-9-19-10-8-15-13(19)11-17-12-6-5-7-16-14(12)18(2)3/h5-8,10,17H,4,9,11H2,1-3H3. The van der Waals surface area contributed by atoms with Gasteiger partial charge in [0, 0.05) is 39.2 Å². The SMILES string of the molecule is CCCn1ccnc1CNc1cccnc1N(C)C. The smallest absolute Gasteiger partial charge is 0.151 e. The molecule has 2 heterocycles. The van der Waals surface area contributed by atoms with Crippen molar-refractivity contribution in [2.75, 3.05) is 24.3 Å². The number of hydrogen-bond donors (Lipinski definition) is 1. The molecule has 0 aliphatic heterocycles. The fourth-order valence-electron chi connectivity index (χ4n) is 2.02. The van der Waals surface area contributed by atoms with E-state index in [1.165, 1.54) is 0 Å². The van der Waals surface area contributed by atoms with Crippen molar-refractivity contribution >= 4 is 11.5 Å². The van der Waals surface area contributed by atoms with E-state index in [0.29, 0.717) is 6.54 Å². The lowest BCUT2D eigenvalue weighted by Gasteiger charge is -2.17. The van der Waals surface area contributed by atoms with E-state index < -0.39 is 0 Å². The summed E-state index contributed by atoms with van der Waals surface area (Å²) in [5.74, 6) is 1.99. The van der Waals surface area contributed by atoms with Crippen molar-refractivity contribution in [1.29, 1.82) is 0 Å². The Kier molecular flexibility index (Phi) is 4.39. The molecule has 0 fully saturated rings. The zero-order valence-corrected chi connectivity index (χ0v) is 11.8. The average molecular weight is 259 g/mol. The first kappa shape index (κ1) is 13.4. The minimum Gasteiger partial charge on any atom is -0.375 e. The molecule has 2 aromatic rings. The number of nitrogens with zero attached hydrogens (tertiary/aromatic N) is 4. The van der Waals surface area contributed by atoms with Gasteiger partial charge in [-0.2, -0.15) is 0 Å². The van der Waals surface area contributed by atoms with Crippen LogP contribution in [0.4, 0.5) is 11.5 Å². The van der Waals surface area contributed by atoms with Gasteiger partial charge in [0.2, 0.25) is 0 Å². The van der Waals surface area contributed by atoms with E-state index in [9.17, 15) is 0 Å². The maximum Gasteiger partial charge on any atom is 0.151 e. The van der Waals surface area contributed by atoms with E-state index >= 15 is 0 Å². The van der Waals surface area contributed by atoms with Crippen molar-refractivity contribution in [1.82, 2.24) is 14.5 Å². The topological polar surface area (TPSA) is 46.0 Å². The number of anilines is 2. The zero-order chi connectivity index (χ0) is 13.7. The molecular formula is C14H21N5. The minimum absolute atomic E-state index is 0.708. The summed E-state index contributed by atoms with van der Waals surface area (Å²) < 4.78 is 2.18. The molecule has 2 rings (SSSR count). The van der Waals surface area contributed by atoms with Gasteiger partial charge in [0.05, 0.1) is 12.2 Å². The highest BCUT2D eigenvalue weighted by atomic mass is 15.2. The van der Waals surface area contributed by atoms with Crippen molar-refractivity contribution in [2.24, 2.45) is 0 Å². The summed E-state index contributed by atoms with van der Waals surface area (Å²) in [7, 11) is 3.98. The molecule has 1 N–H and O–H groups in total.